The Hall–Kier alpha value is -3.81. The molecule has 8 nitrogen and oxygen atoms in total. The molecule has 0 atom stereocenters. The maximum Gasteiger partial charge on any atom is 0.275 e. The van der Waals surface area contributed by atoms with Crippen LogP contribution < -0.4 is 5.32 Å². The molecule has 0 fully saturated rings. The van der Waals surface area contributed by atoms with Gasteiger partial charge in [-0.3, -0.25) is 14.0 Å². The normalized spacial score (nSPS) is 10.7. The maximum atomic E-state index is 12.6. The number of nitrogens with one attached hydrogen (secondary N) is 1. The Kier molecular flexibility index (Phi) is 3.98. The summed E-state index contributed by atoms with van der Waals surface area (Å²) in [6, 6.07) is 13.1. The molecule has 1 amide bonds. The van der Waals surface area contributed by atoms with Crippen LogP contribution in [0.1, 0.15) is 10.5 Å². The largest absolute Gasteiger partial charge is 0.305 e. The van der Waals surface area contributed by atoms with E-state index < -0.39 is 0 Å². The second-order valence-electron chi connectivity index (χ2n) is 5.59. The highest BCUT2D eigenvalue weighted by atomic mass is 16.2. The molecule has 128 valence electrons. The van der Waals surface area contributed by atoms with Gasteiger partial charge in [0.2, 0.25) is 0 Å². The molecule has 0 bridgehead atoms. The molecule has 1 aromatic carbocycles. The Balaban J connectivity index is 1.58. The van der Waals surface area contributed by atoms with Crippen molar-refractivity contribution in [3.63, 3.8) is 0 Å². The minimum atomic E-state index is -0.294. The van der Waals surface area contributed by atoms with Crippen molar-refractivity contribution in [3.8, 4) is 17.1 Å². The SMILES string of the molecule is Cn1nc(-c2ccccc2)cc1C(=O)Nc1cc(-n2ccnc2)ncn1. The first kappa shape index (κ1) is 15.7. The lowest BCUT2D eigenvalue weighted by atomic mass is 10.1. The van der Waals surface area contributed by atoms with Gasteiger partial charge in [0, 0.05) is 31.1 Å². The monoisotopic (exact) mass is 345 g/mol. The van der Waals surface area contributed by atoms with Gasteiger partial charge in [-0.15, -0.1) is 0 Å². The second-order valence-corrected chi connectivity index (χ2v) is 5.59. The number of anilines is 1. The molecule has 0 radical (unpaired) electrons. The van der Waals surface area contributed by atoms with Gasteiger partial charge in [0.05, 0.1) is 5.69 Å². The first-order valence-corrected chi connectivity index (χ1v) is 7.92. The Morgan fingerprint density at radius 1 is 1.12 bits per heavy atom. The van der Waals surface area contributed by atoms with E-state index in [1.807, 2.05) is 30.3 Å². The molecule has 0 saturated heterocycles. The van der Waals surface area contributed by atoms with Gasteiger partial charge in [-0.1, -0.05) is 30.3 Å². The van der Waals surface area contributed by atoms with E-state index in [0.717, 1.165) is 11.3 Å². The predicted octanol–water partition coefficient (Wildman–Crippen LogP) is 2.32. The summed E-state index contributed by atoms with van der Waals surface area (Å²) in [6.45, 7) is 0. The van der Waals surface area contributed by atoms with Crippen molar-refractivity contribution in [1.29, 1.82) is 0 Å². The van der Waals surface area contributed by atoms with Crippen LogP contribution in [0.25, 0.3) is 17.1 Å². The molecule has 0 aliphatic heterocycles. The number of aromatic nitrogens is 6. The number of hydrogen-bond acceptors (Lipinski definition) is 5. The number of carbonyl (C=O) groups is 1. The number of imidazole rings is 1. The highest BCUT2D eigenvalue weighted by molar-refractivity contribution is 6.03. The Labute approximate surface area is 149 Å². The fourth-order valence-corrected chi connectivity index (χ4v) is 2.56. The number of rotatable bonds is 4. The Bertz CT molecular complexity index is 1040. The molecule has 0 aliphatic carbocycles. The van der Waals surface area contributed by atoms with Crippen LogP contribution >= 0.6 is 0 Å². The average molecular weight is 345 g/mol. The zero-order chi connectivity index (χ0) is 17.9. The fraction of sp³-hybridized carbons (Fsp3) is 0.0556. The number of amides is 1. The first-order chi connectivity index (χ1) is 12.7. The van der Waals surface area contributed by atoms with E-state index in [4.69, 9.17) is 0 Å². The van der Waals surface area contributed by atoms with E-state index in [-0.39, 0.29) is 5.91 Å². The summed E-state index contributed by atoms with van der Waals surface area (Å²) in [4.78, 5) is 24.9. The smallest absolute Gasteiger partial charge is 0.275 e. The van der Waals surface area contributed by atoms with Crippen LogP contribution in [0.2, 0.25) is 0 Å². The number of benzene rings is 1. The van der Waals surface area contributed by atoms with E-state index in [0.29, 0.717) is 17.3 Å². The molecular weight excluding hydrogens is 330 g/mol. The molecule has 4 aromatic rings. The van der Waals surface area contributed by atoms with Crippen LogP contribution in [0.4, 0.5) is 5.82 Å². The summed E-state index contributed by atoms with van der Waals surface area (Å²) in [7, 11) is 1.73. The van der Waals surface area contributed by atoms with E-state index >= 15 is 0 Å². The van der Waals surface area contributed by atoms with Gasteiger partial charge >= 0.3 is 0 Å². The van der Waals surface area contributed by atoms with E-state index in [1.165, 1.54) is 6.33 Å². The summed E-state index contributed by atoms with van der Waals surface area (Å²) >= 11 is 0. The van der Waals surface area contributed by atoms with Crippen LogP contribution in [0.5, 0.6) is 0 Å². The molecule has 8 heteroatoms. The quantitative estimate of drug-likeness (QED) is 0.613. The van der Waals surface area contributed by atoms with Gasteiger partial charge in [0.1, 0.15) is 30.0 Å². The van der Waals surface area contributed by atoms with Crippen molar-refractivity contribution in [2.75, 3.05) is 5.32 Å². The minimum absolute atomic E-state index is 0.294. The summed E-state index contributed by atoms with van der Waals surface area (Å²) in [5.74, 6) is 0.719. The number of carbonyl (C=O) groups excluding carboxylic acids is 1. The van der Waals surface area contributed by atoms with Gasteiger partial charge in [-0.2, -0.15) is 5.10 Å². The van der Waals surface area contributed by atoms with Gasteiger partial charge in [0.15, 0.2) is 0 Å². The summed E-state index contributed by atoms with van der Waals surface area (Å²) in [6.07, 6.45) is 6.44. The number of nitrogens with zero attached hydrogens (tertiary/aromatic N) is 6. The summed E-state index contributed by atoms with van der Waals surface area (Å²) < 4.78 is 3.28. The second kappa shape index (κ2) is 6.60. The molecule has 1 N–H and O–H groups in total. The van der Waals surface area contributed by atoms with Crippen LogP contribution in [-0.2, 0) is 7.05 Å². The Morgan fingerprint density at radius 3 is 2.73 bits per heavy atom. The summed E-state index contributed by atoms with van der Waals surface area (Å²) in [5.41, 5.74) is 2.12. The van der Waals surface area contributed by atoms with Crippen molar-refractivity contribution >= 4 is 11.7 Å². The van der Waals surface area contributed by atoms with Gasteiger partial charge in [-0.05, 0) is 6.07 Å². The van der Waals surface area contributed by atoms with Crippen LogP contribution in [0, 0.1) is 0 Å². The lowest BCUT2D eigenvalue weighted by Crippen LogP contribution is -2.17. The zero-order valence-electron chi connectivity index (χ0n) is 13.9. The van der Waals surface area contributed by atoms with E-state index in [1.54, 1.807) is 47.2 Å². The van der Waals surface area contributed by atoms with Crippen LogP contribution in [0.15, 0.2) is 67.5 Å². The van der Waals surface area contributed by atoms with Gasteiger partial charge in [0.25, 0.3) is 5.91 Å². The van der Waals surface area contributed by atoms with E-state index in [9.17, 15) is 4.79 Å². The Morgan fingerprint density at radius 2 is 1.96 bits per heavy atom. The molecule has 3 heterocycles. The molecule has 0 unspecified atom stereocenters. The third-order valence-electron chi connectivity index (χ3n) is 3.85. The number of aryl methyl sites for hydroxylation is 1. The standard InChI is InChI=1S/C18H15N7O/c1-24-15(9-14(23-24)13-5-3-2-4-6-13)18(26)22-16-10-17(21-11-20-16)25-8-7-19-12-25/h2-12H,1H3,(H,20,21,22,26). The molecule has 4 rings (SSSR count). The van der Waals surface area contributed by atoms with E-state index in [2.05, 4.69) is 25.4 Å². The minimum Gasteiger partial charge on any atom is -0.305 e. The highest BCUT2D eigenvalue weighted by Gasteiger charge is 2.15. The third kappa shape index (κ3) is 3.07. The molecule has 0 spiro atoms. The molecule has 0 aliphatic rings. The zero-order valence-corrected chi connectivity index (χ0v) is 13.9. The molecule has 0 saturated carbocycles. The van der Waals surface area contributed by atoms with Crippen molar-refractivity contribution in [2.45, 2.75) is 0 Å². The van der Waals surface area contributed by atoms with Crippen molar-refractivity contribution in [3.05, 3.63) is 73.2 Å². The molecule has 3 aromatic heterocycles. The lowest BCUT2D eigenvalue weighted by molar-refractivity contribution is 0.101. The van der Waals surface area contributed by atoms with Crippen molar-refractivity contribution < 1.29 is 4.79 Å². The third-order valence-corrected chi connectivity index (χ3v) is 3.85. The lowest BCUT2D eigenvalue weighted by Gasteiger charge is -2.06. The van der Waals surface area contributed by atoms with Crippen LogP contribution in [-0.4, -0.2) is 35.2 Å². The molecule has 26 heavy (non-hydrogen) atoms. The van der Waals surface area contributed by atoms with Crippen molar-refractivity contribution in [1.82, 2.24) is 29.3 Å². The topological polar surface area (TPSA) is 90.5 Å². The maximum absolute atomic E-state index is 12.6. The fourth-order valence-electron chi connectivity index (χ4n) is 2.56. The summed E-state index contributed by atoms with van der Waals surface area (Å²) in [5, 5.41) is 7.19. The first-order valence-electron chi connectivity index (χ1n) is 7.92. The number of hydrogen-bond donors (Lipinski definition) is 1. The van der Waals surface area contributed by atoms with Gasteiger partial charge < -0.3 is 5.32 Å². The highest BCUT2D eigenvalue weighted by Crippen LogP contribution is 2.19. The molecular formula is C18H15N7O. The average Bonchev–Trinajstić information content (AvgIpc) is 3.32. The predicted molar refractivity (Wildman–Crippen MR) is 95.8 cm³/mol. The van der Waals surface area contributed by atoms with Crippen molar-refractivity contribution in [2.24, 2.45) is 7.05 Å². The van der Waals surface area contributed by atoms with Crippen LogP contribution in [0.3, 0.4) is 0 Å². The van der Waals surface area contributed by atoms with Gasteiger partial charge in [-0.25, -0.2) is 15.0 Å².